The number of amides is 1. The summed E-state index contributed by atoms with van der Waals surface area (Å²) in [6.07, 6.45) is -0.430. The van der Waals surface area contributed by atoms with Crippen LogP contribution in [0.3, 0.4) is 0 Å². The van der Waals surface area contributed by atoms with Gasteiger partial charge in [0.25, 0.3) is 0 Å². The van der Waals surface area contributed by atoms with Crippen LogP contribution in [0.1, 0.15) is 13.8 Å². The third-order valence-corrected chi connectivity index (χ3v) is 1.70. The molecular weight excluding hydrogens is 186 g/mol. The van der Waals surface area contributed by atoms with Gasteiger partial charge in [-0.1, -0.05) is 0 Å². The van der Waals surface area contributed by atoms with E-state index in [9.17, 15) is 4.79 Å². The second-order valence-electron chi connectivity index (χ2n) is 2.83. The molecule has 1 atom stereocenters. The largest absolute Gasteiger partial charge is 0.372 e. The second kappa shape index (κ2) is 7.73. The Hall–Kier alpha value is -0.650. The Morgan fingerprint density at radius 1 is 1.36 bits per heavy atom. The number of hydrogen-bond donors (Lipinski definition) is 1. The van der Waals surface area contributed by atoms with Crippen molar-refractivity contribution in [2.24, 2.45) is 0 Å². The molecule has 0 heterocycles. The lowest BCUT2D eigenvalue weighted by Gasteiger charge is -2.21. The molecule has 0 fully saturated rings. The Morgan fingerprint density at radius 2 is 1.93 bits per heavy atom. The van der Waals surface area contributed by atoms with Gasteiger partial charge in [0.15, 0.2) is 6.29 Å². The molecule has 1 amide bonds. The number of carbonyl (C=O) groups is 1. The van der Waals surface area contributed by atoms with Crippen molar-refractivity contribution in [2.45, 2.75) is 26.2 Å². The van der Waals surface area contributed by atoms with Gasteiger partial charge in [0.05, 0.1) is 6.04 Å². The summed E-state index contributed by atoms with van der Waals surface area (Å²) in [4.78, 5) is 11.2. The Kier molecular flexibility index (Phi) is 7.37. The van der Waals surface area contributed by atoms with Gasteiger partial charge in [0.2, 0.25) is 5.91 Å². The molecule has 0 aromatic rings. The number of methoxy groups -OCH3 is 2. The van der Waals surface area contributed by atoms with Gasteiger partial charge in [0, 0.05) is 20.8 Å². The molecule has 0 saturated heterocycles. The summed E-state index contributed by atoms with van der Waals surface area (Å²) < 4.78 is 14.9. The molecule has 0 saturated carbocycles. The van der Waals surface area contributed by atoms with Gasteiger partial charge in [-0.15, -0.1) is 0 Å². The lowest BCUT2D eigenvalue weighted by atomic mass is 10.3. The molecule has 0 spiro atoms. The fraction of sp³-hybridized carbons (Fsp3) is 0.889. The maximum absolute atomic E-state index is 11.2. The van der Waals surface area contributed by atoms with Gasteiger partial charge in [-0.05, 0) is 13.8 Å². The first-order valence-corrected chi connectivity index (χ1v) is 4.58. The minimum absolute atomic E-state index is 0.0704. The van der Waals surface area contributed by atoms with E-state index in [4.69, 9.17) is 14.2 Å². The van der Waals surface area contributed by atoms with Gasteiger partial charge in [0.1, 0.15) is 6.61 Å². The summed E-state index contributed by atoms with van der Waals surface area (Å²) in [5.74, 6) is -0.168. The average Bonchev–Trinajstić information content (AvgIpc) is 2.16. The molecule has 14 heavy (non-hydrogen) atoms. The number of hydrogen-bond acceptors (Lipinski definition) is 4. The molecule has 0 radical (unpaired) electrons. The molecule has 1 N–H and O–H groups in total. The first kappa shape index (κ1) is 13.4. The van der Waals surface area contributed by atoms with Crippen LogP contribution in [-0.2, 0) is 19.0 Å². The van der Waals surface area contributed by atoms with E-state index in [0.29, 0.717) is 6.61 Å². The number of carbonyl (C=O) groups excluding carboxylic acids is 1. The summed E-state index contributed by atoms with van der Waals surface area (Å²) in [7, 11) is 3.05. The molecular formula is C9H19NO4. The lowest BCUT2D eigenvalue weighted by molar-refractivity contribution is -0.138. The summed E-state index contributed by atoms with van der Waals surface area (Å²) >= 11 is 0. The minimum Gasteiger partial charge on any atom is -0.372 e. The highest BCUT2D eigenvalue weighted by Gasteiger charge is 2.17. The maximum Gasteiger partial charge on any atom is 0.246 e. The molecule has 0 aromatic heterocycles. The van der Waals surface area contributed by atoms with E-state index in [1.165, 1.54) is 14.2 Å². The number of nitrogens with one attached hydrogen (secondary N) is 1. The van der Waals surface area contributed by atoms with Crippen LogP contribution in [0, 0.1) is 0 Å². The van der Waals surface area contributed by atoms with Crippen LogP contribution in [0.15, 0.2) is 0 Å². The predicted octanol–water partition coefficient (Wildman–Crippen LogP) is 0.147. The van der Waals surface area contributed by atoms with Crippen LogP contribution >= 0.6 is 0 Å². The van der Waals surface area contributed by atoms with Crippen molar-refractivity contribution in [3.8, 4) is 0 Å². The van der Waals surface area contributed by atoms with Gasteiger partial charge in [-0.3, -0.25) is 4.79 Å². The first-order valence-electron chi connectivity index (χ1n) is 4.58. The number of rotatable bonds is 7. The summed E-state index contributed by atoms with van der Waals surface area (Å²) in [5, 5.41) is 2.70. The maximum atomic E-state index is 11.2. The van der Waals surface area contributed by atoms with Crippen molar-refractivity contribution in [2.75, 3.05) is 27.4 Å². The van der Waals surface area contributed by atoms with Crippen molar-refractivity contribution in [3.63, 3.8) is 0 Å². The SMILES string of the molecule is CCOCC(=O)NC(C)C(OC)OC. The second-order valence-corrected chi connectivity index (χ2v) is 2.83. The standard InChI is InChI=1S/C9H19NO4/c1-5-14-6-8(11)10-7(2)9(12-3)13-4/h7,9H,5-6H2,1-4H3,(H,10,11). The molecule has 0 aromatic carbocycles. The van der Waals surface area contributed by atoms with Crippen molar-refractivity contribution in [1.82, 2.24) is 5.32 Å². The highest BCUT2D eigenvalue weighted by molar-refractivity contribution is 5.77. The molecule has 0 aliphatic carbocycles. The van der Waals surface area contributed by atoms with Crippen LogP contribution in [0.5, 0.6) is 0 Å². The van der Waals surface area contributed by atoms with E-state index >= 15 is 0 Å². The smallest absolute Gasteiger partial charge is 0.246 e. The summed E-state index contributed by atoms with van der Waals surface area (Å²) in [6, 6.07) is -0.196. The number of ether oxygens (including phenoxy) is 3. The molecule has 5 nitrogen and oxygen atoms in total. The molecule has 84 valence electrons. The lowest BCUT2D eigenvalue weighted by Crippen LogP contribution is -2.44. The quantitative estimate of drug-likeness (QED) is 0.601. The Morgan fingerprint density at radius 3 is 2.36 bits per heavy atom. The van der Waals surface area contributed by atoms with Crippen LogP contribution in [-0.4, -0.2) is 45.7 Å². The van der Waals surface area contributed by atoms with Crippen LogP contribution in [0.4, 0.5) is 0 Å². The third-order valence-electron chi connectivity index (χ3n) is 1.70. The minimum atomic E-state index is -0.430. The van der Waals surface area contributed by atoms with E-state index in [1.807, 2.05) is 13.8 Å². The van der Waals surface area contributed by atoms with Crippen LogP contribution in [0.2, 0.25) is 0 Å². The Labute approximate surface area is 84.7 Å². The van der Waals surface area contributed by atoms with Crippen LogP contribution < -0.4 is 5.32 Å². The van der Waals surface area contributed by atoms with Gasteiger partial charge >= 0.3 is 0 Å². The Bertz CT molecular complexity index is 159. The Balaban J connectivity index is 3.79. The van der Waals surface area contributed by atoms with Crippen molar-refractivity contribution < 1.29 is 19.0 Å². The van der Waals surface area contributed by atoms with E-state index in [2.05, 4.69) is 5.32 Å². The molecule has 1 unspecified atom stereocenters. The van der Waals surface area contributed by atoms with Gasteiger partial charge in [-0.2, -0.15) is 0 Å². The molecule has 0 bridgehead atoms. The average molecular weight is 205 g/mol. The third kappa shape index (κ3) is 5.16. The topological polar surface area (TPSA) is 56.8 Å². The zero-order valence-corrected chi connectivity index (χ0v) is 9.20. The fourth-order valence-electron chi connectivity index (χ4n) is 1.06. The zero-order chi connectivity index (χ0) is 11.0. The highest BCUT2D eigenvalue weighted by atomic mass is 16.7. The first-order chi connectivity index (χ1) is 6.65. The van der Waals surface area contributed by atoms with E-state index in [-0.39, 0.29) is 18.6 Å². The van der Waals surface area contributed by atoms with Crippen molar-refractivity contribution in [1.29, 1.82) is 0 Å². The van der Waals surface area contributed by atoms with E-state index in [0.717, 1.165) is 0 Å². The zero-order valence-electron chi connectivity index (χ0n) is 9.20. The van der Waals surface area contributed by atoms with Gasteiger partial charge < -0.3 is 19.5 Å². The van der Waals surface area contributed by atoms with E-state index in [1.54, 1.807) is 0 Å². The molecule has 0 aliphatic rings. The van der Waals surface area contributed by atoms with E-state index < -0.39 is 6.29 Å². The van der Waals surface area contributed by atoms with Gasteiger partial charge in [-0.25, -0.2) is 0 Å². The van der Waals surface area contributed by atoms with Crippen molar-refractivity contribution >= 4 is 5.91 Å². The van der Waals surface area contributed by atoms with Crippen molar-refractivity contribution in [3.05, 3.63) is 0 Å². The van der Waals surface area contributed by atoms with Crippen LogP contribution in [0.25, 0.3) is 0 Å². The summed E-state index contributed by atoms with van der Waals surface area (Å²) in [6.45, 7) is 4.24. The summed E-state index contributed by atoms with van der Waals surface area (Å²) in [5.41, 5.74) is 0. The molecule has 0 rings (SSSR count). The molecule has 5 heteroatoms. The fourth-order valence-corrected chi connectivity index (χ4v) is 1.06. The highest BCUT2D eigenvalue weighted by Crippen LogP contribution is 1.97. The molecule has 0 aliphatic heterocycles. The predicted molar refractivity (Wildman–Crippen MR) is 51.9 cm³/mol. The monoisotopic (exact) mass is 205 g/mol. The normalized spacial score (nSPS) is 12.9.